The smallest absolute Gasteiger partial charge is 0 e. The third-order valence-electron chi connectivity index (χ3n) is 0. The van der Waals surface area contributed by atoms with Crippen LogP contribution in [-0.2, 0) is 0 Å². The number of rotatable bonds is 0. The van der Waals surface area contributed by atoms with Crippen molar-refractivity contribution < 1.29 is 32.9 Å². The summed E-state index contributed by atoms with van der Waals surface area (Å²) in [6.07, 6.45) is 0. The maximum atomic E-state index is 0. The van der Waals surface area contributed by atoms with Crippen molar-refractivity contribution in [1.82, 2.24) is 0 Å². The first kappa shape index (κ1) is 2880. The van der Waals surface area contributed by atoms with Crippen LogP contribution in [0.3, 0.4) is 0 Å². The van der Waals surface area contributed by atoms with E-state index in [1.165, 1.54) is 0 Å². The molecule has 3 radical (unpaired) electrons. The van der Waals surface area contributed by atoms with Crippen molar-refractivity contribution in [3.8, 4) is 0 Å². The van der Waals surface area contributed by atoms with Gasteiger partial charge in [-0.1, -0.05) is 0 Å². The Morgan fingerprint density at radius 1 is 0.286 bits per heavy atom. The van der Waals surface area contributed by atoms with E-state index >= 15 is 0 Å². The summed E-state index contributed by atoms with van der Waals surface area (Å²) in [5, 5.41) is 0. The first-order valence-electron chi connectivity index (χ1n) is 0. The van der Waals surface area contributed by atoms with Gasteiger partial charge in [-0.15, -0.1) is 0 Å². The summed E-state index contributed by atoms with van der Waals surface area (Å²) in [4.78, 5) is 0. The van der Waals surface area contributed by atoms with E-state index in [0.717, 1.165) is 0 Å². The standard InChI is InChI=1S/As.6H2O/h;6*1H2. The van der Waals surface area contributed by atoms with Crippen molar-refractivity contribution in [3.63, 3.8) is 0 Å². The molecule has 0 fully saturated rings. The van der Waals surface area contributed by atoms with E-state index in [1.807, 2.05) is 0 Å². The maximum absolute atomic E-state index is 0. The van der Waals surface area contributed by atoms with Gasteiger partial charge in [0, 0.05) is 18.0 Å². The second-order valence-corrected chi connectivity index (χ2v) is 0. The average molecular weight is 183 g/mol. The Morgan fingerprint density at radius 2 is 0.286 bits per heavy atom. The topological polar surface area (TPSA) is 189 Å². The fraction of sp³-hybridized carbons (Fsp3) is 0. The molecule has 0 aromatic heterocycles. The minimum absolute atomic E-state index is 0. The van der Waals surface area contributed by atoms with Crippen LogP contribution in [0.5, 0.6) is 0 Å². The maximum Gasteiger partial charge on any atom is 0 e. The quantitative estimate of drug-likeness (QED) is 0.324. The van der Waals surface area contributed by atoms with E-state index in [0.29, 0.717) is 0 Å². The zero-order chi connectivity index (χ0) is 0. The Bertz CT molecular complexity index is 4.14. The summed E-state index contributed by atoms with van der Waals surface area (Å²) in [7, 11) is 0. The third kappa shape index (κ3) is 1160. The molecular formula is H12AsO6. The van der Waals surface area contributed by atoms with Crippen LogP contribution in [-0.4, -0.2) is 50.8 Å². The van der Waals surface area contributed by atoms with E-state index in [9.17, 15) is 0 Å². The molecule has 0 aliphatic carbocycles. The van der Waals surface area contributed by atoms with E-state index < -0.39 is 0 Å². The molecule has 0 bridgehead atoms. The predicted molar refractivity (Wildman–Crippen MR) is 27.4 cm³/mol. The van der Waals surface area contributed by atoms with E-state index in [-0.39, 0.29) is 50.8 Å². The third-order valence-corrected chi connectivity index (χ3v) is 0. The Morgan fingerprint density at radius 3 is 0.286 bits per heavy atom. The fourth-order valence-electron chi connectivity index (χ4n) is 0. The SMILES string of the molecule is O.O.O.O.O.O.[As]. The van der Waals surface area contributed by atoms with Gasteiger partial charge in [-0.25, -0.2) is 0 Å². The van der Waals surface area contributed by atoms with Crippen LogP contribution in [0.2, 0.25) is 0 Å². The average Bonchev–Trinajstić information content (AvgIpc) is 0. The van der Waals surface area contributed by atoms with Crippen LogP contribution < -0.4 is 0 Å². The van der Waals surface area contributed by atoms with Gasteiger partial charge in [0.2, 0.25) is 0 Å². The molecule has 0 aliphatic heterocycles. The molecule has 7 heavy (non-hydrogen) atoms. The second-order valence-electron chi connectivity index (χ2n) is 0. The first-order valence-corrected chi connectivity index (χ1v) is 0. The van der Waals surface area contributed by atoms with Gasteiger partial charge in [0.25, 0.3) is 0 Å². The van der Waals surface area contributed by atoms with Crippen LogP contribution in [0.4, 0.5) is 0 Å². The van der Waals surface area contributed by atoms with Crippen LogP contribution in [0, 0.1) is 0 Å². The van der Waals surface area contributed by atoms with Crippen LogP contribution in [0.25, 0.3) is 0 Å². The van der Waals surface area contributed by atoms with E-state index in [1.54, 1.807) is 0 Å². The Hall–Kier alpha value is 0.318. The predicted octanol–water partition coefficient (Wildman–Crippen LogP) is -5.33. The summed E-state index contributed by atoms with van der Waals surface area (Å²) in [6.45, 7) is 0. The molecule has 0 rings (SSSR count). The first-order chi connectivity index (χ1) is 0. The molecule has 7 heteroatoms. The molecule has 0 atom stereocenters. The van der Waals surface area contributed by atoms with Crippen molar-refractivity contribution in [3.05, 3.63) is 0 Å². The van der Waals surface area contributed by atoms with Gasteiger partial charge in [-0.05, 0) is 0 Å². The molecule has 0 saturated carbocycles. The molecule has 0 aromatic rings. The Kier molecular flexibility index (Phi) is 725000. The minimum Gasteiger partial charge on any atom is -0.412 e. The summed E-state index contributed by atoms with van der Waals surface area (Å²) in [5.41, 5.74) is 0. The molecule has 6 nitrogen and oxygen atoms in total. The molecule has 0 heterocycles. The summed E-state index contributed by atoms with van der Waals surface area (Å²) in [5.74, 6) is 0. The molecule has 12 N–H and O–H groups in total. The van der Waals surface area contributed by atoms with Gasteiger partial charge >= 0.3 is 0 Å². The molecule has 0 amide bonds. The molecule has 0 aromatic carbocycles. The Labute approximate surface area is 51.7 Å². The second kappa shape index (κ2) is 1760. The zero-order valence-corrected chi connectivity index (χ0v) is 5.32. The van der Waals surface area contributed by atoms with Gasteiger partial charge < -0.3 is 32.9 Å². The van der Waals surface area contributed by atoms with Crippen LogP contribution >= 0.6 is 0 Å². The van der Waals surface area contributed by atoms with Crippen molar-refractivity contribution in [2.75, 3.05) is 0 Å². The van der Waals surface area contributed by atoms with Crippen molar-refractivity contribution in [2.45, 2.75) is 0 Å². The van der Waals surface area contributed by atoms with Crippen LogP contribution in [0.1, 0.15) is 0 Å². The zero-order valence-electron chi connectivity index (χ0n) is 3.45. The summed E-state index contributed by atoms with van der Waals surface area (Å²) >= 11 is 0. The monoisotopic (exact) mass is 183 g/mol. The summed E-state index contributed by atoms with van der Waals surface area (Å²) in [6, 6.07) is 0. The molecule has 0 saturated heterocycles. The van der Waals surface area contributed by atoms with Gasteiger partial charge in [0.05, 0.1) is 0 Å². The summed E-state index contributed by atoms with van der Waals surface area (Å²) < 4.78 is 0. The molecule has 0 spiro atoms. The minimum atomic E-state index is 0. The van der Waals surface area contributed by atoms with Gasteiger partial charge in [0.15, 0.2) is 0 Å². The van der Waals surface area contributed by atoms with E-state index in [4.69, 9.17) is 0 Å². The normalized spacial score (nSPS) is 0. The number of hydrogen-bond donors (Lipinski definition) is 0. The molecule has 0 aliphatic rings. The van der Waals surface area contributed by atoms with Crippen molar-refractivity contribution >= 4 is 18.0 Å². The molecule has 0 unspecified atom stereocenters. The fourth-order valence-corrected chi connectivity index (χ4v) is 0. The van der Waals surface area contributed by atoms with Gasteiger partial charge in [0.1, 0.15) is 0 Å². The van der Waals surface area contributed by atoms with E-state index in [2.05, 4.69) is 0 Å². The molecule has 53 valence electrons. The largest absolute Gasteiger partial charge is 0.412 e. The van der Waals surface area contributed by atoms with Gasteiger partial charge in [-0.2, -0.15) is 0 Å². The molecular weight excluding hydrogens is 171 g/mol. The number of hydrogen-bond acceptors (Lipinski definition) is 0. The van der Waals surface area contributed by atoms with Crippen molar-refractivity contribution in [2.24, 2.45) is 0 Å². The van der Waals surface area contributed by atoms with Crippen LogP contribution in [0.15, 0.2) is 0 Å². The van der Waals surface area contributed by atoms with Gasteiger partial charge in [-0.3, -0.25) is 0 Å². The Balaban J connectivity index is 0. The van der Waals surface area contributed by atoms with Crippen molar-refractivity contribution in [1.29, 1.82) is 0 Å².